The van der Waals surface area contributed by atoms with Crippen LogP contribution in [-0.4, -0.2) is 35.4 Å². The zero-order valence-corrected chi connectivity index (χ0v) is 11.6. The van der Waals surface area contributed by atoms with E-state index in [1.54, 1.807) is 30.3 Å². The van der Waals surface area contributed by atoms with E-state index in [-0.39, 0.29) is 17.9 Å². The summed E-state index contributed by atoms with van der Waals surface area (Å²) in [4.78, 5) is 39.9. The van der Waals surface area contributed by atoms with Gasteiger partial charge in [-0.2, -0.15) is 0 Å². The Kier molecular flexibility index (Phi) is 3.67. The molecule has 2 amide bonds. The molecule has 1 heterocycles. The fourth-order valence-corrected chi connectivity index (χ4v) is 3.19. The average Bonchev–Trinajstić information content (AvgIpc) is 2.75. The highest BCUT2D eigenvalue weighted by Gasteiger charge is 2.36. The highest BCUT2D eigenvalue weighted by Crippen LogP contribution is 2.30. The van der Waals surface area contributed by atoms with Gasteiger partial charge in [0.05, 0.1) is 17.2 Å². The fourth-order valence-electron chi connectivity index (χ4n) is 3.19. The normalized spacial score (nSPS) is 24.7. The van der Waals surface area contributed by atoms with Crippen molar-refractivity contribution in [3.05, 3.63) is 35.4 Å². The third kappa shape index (κ3) is 2.52. The molecule has 1 aromatic carbocycles. The third-order valence-corrected chi connectivity index (χ3v) is 4.37. The molecule has 0 bridgehead atoms. The number of fused-ring (bicyclic) bond motifs is 1. The molecule has 0 saturated heterocycles. The second kappa shape index (κ2) is 5.62. The van der Waals surface area contributed by atoms with E-state index in [0.29, 0.717) is 23.6 Å². The smallest absolute Gasteiger partial charge is 0.261 e. The van der Waals surface area contributed by atoms with Crippen LogP contribution in [0.4, 0.5) is 0 Å². The molecule has 21 heavy (non-hydrogen) atoms. The van der Waals surface area contributed by atoms with Crippen LogP contribution in [0, 0.1) is 5.92 Å². The van der Waals surface area contributed by atoms with Gasteiger partial charge in [-0.05, 0) is 43.7 Å². The van der Waals surface area contributed by atoms with Crippen molar-refractivity contribution >= 4 is 17.9 Å². The van der Waals surface area contributed by atoms with Crippen LogP contribution >= 0.6 is 0 Å². The van der Waals surface area contributed by atoms with Crippen LogP contribution in [0.1, 0.15) is 46.4 Å². The van der Waals surface area contributed by atoms with Gasteiger partial charge in [0.25, 0.3) is 11.8 Å². The number of hydrogen-bond acceptors (Lipinski definition) is 4. The molecule has 5 heteroatoms. The van der Waals surface area contributed by atoms with Crippen LogP contribution in [0.15, 0.2) is 29.3 Å². The van der Waals surface area contributed by atoms with E-state index in [4.69, 9.17) is 0 Å². The van der Waals surface area contributed by atoms with E-state index >= 15 is 0 Å². The van der Waals surface area contributed by atoms with Crippen LogP contribution in [-0.2, 0) is 4.79 Å². The summed E-state index contributed by atoms with van der Waals surface area (Å²) in [6, 6.07) is 7.00. The van der Waals surface area contributed by atoms with Crippen molar-refractivity contribution in [1.82, 2.24) is 4.90 Å². The molecule has 108 valence electrons. The fraction of sp³-hybridized carbons (Fsp3) is 0.438. The van der Waals surface area contributed by atoms with Crippen LogP contribution < -0.4 is 0 Å². The van der Waals surface area contributed by atoms with Crippen LogP contribution in [0.2, 0.25) is 0 Å². The van der Waals surface area contributed by atoms with Crippen LogP contribution in [0.3, 0.4) is 0 Å². The van der Waals surface area contributed by atoms with Crippen molar-refractivity contribution in [3.8, 4) is 0 Å². The molecule has 1 saturated carbocycles. The van der Waals surface area contributed by atoms with Gasteiger partial charge >= 0.3 is 0 Å². The summed E-state index contributed by atoms with van der Waals surface area (Å²) >= 11 is 0. The van der Waals surface area contributed by atoms with Crippen molar-refractivity contribution in [2.75, 3.05) is 6.54 Å². The highest BCUT2D eigenvalue weighted by molar-refractivity contribution is 6.21. The summed E-state index contributed by atoms with van der Waals surface area (Å²) < 4.78 is 0. The van der Waals surface area contributed by atoms with Crippen molar-refractivity contribution < 1.29 is 14.4 Å². The topological polar surface area (TPSA) is 66.8 Å². The minimum atomic E-state index is -0.191. The quantitative estimate of drug-likeness (QED) is 0.485. The van der Waals surface area contributed by atoms with Crippen LogP contribution in [0.5, 0.6) is 0 Å². The minimum Gasteiger partial charge on any atom is -0.274 e. The van der Waals surface area contributed by atoms with E-state index in [9.17, 15) is 14.4 Å². The number of imide groups is 1. The summed E-state index contributed by atoms with van der Waals surface area (Å²) in [5, 5.41) is 0. The van der Waals surface area contributed by atoms with E-state index in [2.05, 4.69) is 4.99 Å². The first-order valence-corrected chi connectivity index (χ1v) is 7.23. The standard InChI is InChI=1S/C16H16N2O3/c19-10-17-12-7-5-11(6-8-12)9-18-15(20)13-3-1-2-4-14(13)16(18)21/h1-4,11-12H,5-9H2/t11-,12-. The lowest BCUT2D eigenvalue weighted by atomic mass is 9.86. The number of nitrogens with zero attached hydrogens (tertiary/aromatic N) is 2. The van der Waals surface area contributed by atoms with Crippen LogP contribution in [0.25, 0.3) is 0 Å². The molecule has 0 spiro atoms. The average molecular weight is 284 g/mol. The molecular formula is C16H16N2O3. The van der Waals surface area contributed by atoms with Gasteiger partial charge in [-0.3, -0.25) is 14.5 Å². The molecule has 0 N–H and O–H groups in total. The van der Waals surface area contributed by atoms with Crippen molar-refractivity contribution in [2.24, 2.45) is 10.9 Å². The Labute approximate surface area is 122 Å². The Morgan fingerprint density at radius 3 is 2.14 bits per heavy atom. The number of amides is 2. The molecule has 0 atom stereocenters. The molecule has 1 aliphatic carbocycles. The molecule has 0 radical (unpaired) electrons. The lowest BCUT2D eigenvalue weighted by Crippen LogP contribution is -2.36. The highest BCUT2D eigenvalue weighted by atomic mass is 16.2. The zero-order valence-electron chi connectivity index (χ0n) is 11.6. The Morgan fingerprint density at radius 1 is 1.05 bits per heavy atom. The summed E-state index contributed by atoms with van der Waals surface area (Å²) in [6.07, 6.45) is 5.01. The molecule has 5 nitrogen and oxygen atoms in total. The summed E-state index contributed by atoms with van der Waals surface area (Å²) in [5.74, 6) is -0.0856. The van der Waals surface area contributed by atoms with Gasteiger partial charge in [0.15, 0.2) is 0 Å². The number of carbonyl (C=O) groups excluding carboxylic acids is 3. The van der Waals surface area contributed by atoms with Gasteiger partial charge in [0.1, 0.15) is 0 Å². The molecule has 1 fully saturated rings. The van der Waals surface area contributed by atoms with E-state index in [1.165, 1.54) is 4.90 Å². The van der Waals surface area contributed by atoms with Gasteiger partial charge in [0.2, 0.25) is 6.08 Å². The molecular weight excluding hydrogens is 268 g/mol. The van der Waals surface area contributed by atoms with Gasteiger partial charge < -0.3 is 0 Å². The monoisotopic (exact) mass is 284 g/mol. The number of benzene rings is 1. The van der Waals surface area contributed by atoms with Crippen molar-refractivity contribution in [3.63, 3.8) is 0 Å². The van der Waals surface area contributed by atoms with Gasteiger partial charge in [-0.15, -0.1) is 0 Å². The van der Waals surface area contributed by atoms with Gasteiger partial charge in [0, 0.05) is 6.54 Å². The molecule has 0 aromatic heterocycles. The summed E-state index contributed by atoms with van der Waals surface area (Å²) in [5.41, 5.74) is 1.00. The predicted octanol–water partition coefficient (Wildman–Crippen LogP) is 2.18. The maximum absolute atomic E-state index is 12.3. The first-order chi connectivity index (χ1) is 10.2. The lowest BCUT2D eigenvalue weighted by Gasteiger charge is -2.28. The van der Waals surface area contributed by atoms with Crippen molar-refractivity contribution in [1.29, 1.82) is 0 Å². The Morgan fingerprint density at radius 2 is 1.62 bits per heavy atom. The first kappa shape index (κ1) is 13.7. The number of hydrogen-bond donors (Lipinski definition) is 0. The van der Waals surface area contributed by atoms with E-state index in [1.807, 2.05) is 0 Å². The van der Waals surface area contributed by atoms with E-state index < -0.39 is 0 Å². The maximum Gasteiger partial charge on any atom is 0.261 e. The molecule has 3 rings (SSSR count). The number of rotatable bonds is 3. The molecule has 1 aliphatic heterocycles. The Bertz CT molecular complexity index is 591. The van der Waals surface area contributed by atoms with Gasteiger partial charge in [-0.25, -0.2) is 9.79 Å². The van der Waals surface area contributed by atoms with E-state index in [0.717, 1.165) is 25.7 Å². The molecule has 2 aliphatic rings. The Balaban J connectivity index is 1.66. The zero-order chi connectivity index (χ0) is 14.8. The van der Waals surface area contributed by atoms with Crippen molar-refractivity contribution in [2.45, 2.75) is 31.7 Å². The number of isocyanates is 1. The number of aliphatic imine (C=N–C) groups is 1. The second-order valence-corrected chi connectivity index (χ2v) is 5.66. The summed E-state index contributed by atoms with van der Waals surface area (Å²) in [7, 11) is 0. The minimum absolute atomic E-state index is 0.0564. The second-order valence-electron chi connectivity index (χ2n) is 5.66. The lowest BCUT2D eigenvalue weighted by molar-refractivity contribution is 0.0615. The third-order valence-electron chi connectivity index (χ3n) is 4.37. The molecule has 1 aromatic rings. The number of carbonyl (C=O) groups is 2. The van der Waals surface area contributed by atoms with Gasteiger partial charge in [-0.1, -0.05) is 12.1 Å². The first-order valence-electron chi connectivity index (χ1n) is 7.23. The summed E-state index contributed by atoms with van der Waals surface area (Å²) in [6.45, 7) is 0.462. The predicted molar refractivity (Wildman–Crippen MR) is 75.7 cm³/mol. The largest absolute Gasteiger partial charge is 0.274 e. The maximum atomic E-state index is 12.3. The molecule has 0 unspecified atom stereocenters. The Hall–Kier alpha value is -2.26. The SMILES string of the molecule is O=C=N[C@H]1CC[C@H](CN2C(=O)c3ccccc3C2=O)CC1.